The maximum atomic E-state index is 5.77. The Morgan fingerprint density at radius 1 is 1.17 bits per heavy atom. The lowest BCUT2D eigenvalue weighted by Crippen LogP contribution is -2.30. The van der Waals surface area contributed by atoms with Crippen molar-refractivity contribution in [3.8, 4) is 6.01 Å². The Hall–Kier alpha value is -2.41. The van der Waals surface area contributed by atoms with Crippen LogP contribution < -0.4 is 20.5 Å². The molecule has 3 heterocycles. The minimum atomic E-state index is 0.395. The Morgan fingerprint density at radius 2 is 2.04 bits per heavy atom. The molecule has 7 nitrogen and oxygen atoms in total. The van der Waals surface area contributed by atoms with Gasteiger partial charge in [-0.2, -0.15) is 9.97 Å². The summed E-state index contributed by atoms with van der Waals surface area (Å²) >= 11 is 0. The van der Waals surface area contributed by atoms with E-state index in [-0.39, 0.29) is 0 Å². The van der Waals surface area contributed by atoms with Crippen molar-refractivity contribution in [2.75, 3.05) is 37.1 Å². The molecule has 128 valence electrons. The summed E-state index contributed by atoms with van der Waals surface area (Å²) < 4.78 is 5.77. The van der Waals surface area contributed by atoms with Gasteiger partial charge in [0.05, 0.1) is 6.61 Å². The van der Waals surface area contributed by atoms with Crippen LogP contribution in [0.25, 0.3) is 0 Å². The largest absolute Gasteiger partial charge is 0.463 e. The van der Waals surface area contributed by atoms with E-state index in [4.69, 9.17) is 4.74 Å². The van der Waals surface area contributed by atoms with E-state index in [0.717, 1.165) is 31.0 Å². The molecule has 2 N–H and O–H groups in total. The van der Waals surface area contributed by atoms with Crippen LogP contribution in [0.2, 0.25) is 0 Å². The predicted octanol–water partition coefficient (Wildman–Crippen LogP) is 2.03. The lowest BCUT2D eigenvalue weighted by atomic mass is 10.1. The van der Waals surface area contributed by atoms with Crippen LogP contribution in [0.4, 0.5) is 11.6 Å². The molecule has 0 radical (unpaired) electrons. The first-order valence-corrected chi connectivity index (χ1v) is 8.44. The first-order chi connectivity index (χ1) is 11.8. The molecule has 0 amide bonds. The zero-order chi connectivity index (χ0) is 16.6. The van der Waals surface area contributed by atoms with Gasteiger partial charge in [0.15, 0.2) is 0 Å². The van der Waals surface area contributed by atoms with Crippen LogP contribution in [0.3, 0.4) is 0 Å². The van der Waals surface area contributed by atoms with Gasteiger partial charge in [-0.05, 0) is 31.4 Å². The van der Waals surface area contributed by atoms with Crippen molar-refractivity contribution < 1.29 is 4.74 Å². The number of aromatic nitrogens is 3. The highest BCUT2D eigenvalue weighted by Gasteiger charge is 2.15. The Labute approximate surface area is 142 Å². The van der Waals surface area contributed by atoms with Crippen LogP contribution in [0.15, 0.2) is 30.5 Å². The molecular weight excluding hydrogens is 304 g/mol. The normalized spacial score (nSPS) is 14.5. The third-order valence-electron chi connectivity index (χ3n) is 3.94. The Kier molecular flexibility index (Phi) is 5.79. The zero-order valence-corrected chi connectivity index (χ0v) is 14.0. The molecule has 0 bridgehead atoms. The van der Waals surface area contributed by atoms with Crippen LogP contribution in [-0.2, 0) is 6.42 Å². The molecule has 0 aromatic carbocycles. The van der Waals surface area contributed by atoms with E-state index in [1.165, 1.54) is 19.3 Å². The molecular formula is C17H24N6O. The molecule has 24 heavy (non-hydrogen) atoms. The van der Waals surface area contributed by atoms with Crippen molar-refractivity contribution in [2.45, 2.75) is 25.7 Å². The number of nitrogens with zero attached hydrogens (tertiary/aromatic N) is 4. The summed E-state index contributed by atoms with van der Waals surface area (Å²) in [4.78, 5) is 15.6. The van der Waals surface area contributed by atoms with Crippen LogP contribution in [0.1, 0.15) is 25.0 Å². The second-order valence-corrected chi connectivity index (χ2v) is 5.74. The molecule has 0 aliphatic carbocycles. The van der Waals surface area contributed by atoms with Gasteiger partial charge in [-0.15, -0.1) is 0 Å². The molecule has 2 aromatic rings. The fourth-order valence-electron chi connectivity index (χ4n) is 2.75. The molecule has 1 fully saturated rings. The Balaban J connectivity index is 1.67. The van der Waals surface area contributed by atoms with Gasteiger partial charge in [0.2, 0.25) is 0 Å². The van der Waals surface area contributed by atoms with E-state index in [0.29, 0.717) is 18.4 Å². The summed E-state index contributed by atoms with van der Waals surface area (Å²) in [7, 11) is 1.81. The van der Waals surface area contributed by atoms with Gasteiger partial charge < -0.3 is 15.1 Å². The summed E-state index contributed by atoms with van der Waals surface area (Å²) in [6.07, 6.45) is 6.21. The molecule has 0 atom stereocenters. The quantitative estimate of drug-likeness (QED) is 0.753. The summed E-state index contributed by atoms with van der Waals surface area (Å²) in [6, 6.07) is 8.22. The molecule has 1 saturated heterocycles. The average molecular weight is 328 g/mol. The Morgan fingerprint density at radius 3 is 2.79 bits per heavy atom. The maximum absolute atomic E-state index is 5.77. The van der Waals surface area contributed by atoms with E-state index in [9.17, 15) is 0 Å². The summed E-state index contributed by atoms with van der Waals surface area (Å²) in [5, 5.41) is 0. The minimum absolute atomic E-state index is 0.395. The van der Waals surface area contributed by atoms with Gasteiger partial charge in [0.25, 0.3) is 0 Å². The topological polar surface area (TPSA) is 75.2 Å². The monoisotopic (exact) mass is 328 g/mol. The lowest BCUT2D eigenvalue weighted by Gasteiger charge is -2.28. The summed E-state index contributed by atoms with van der Waals surface area (Å²) in [5.74, 6) is 1.62. The highest BCUT2D eigenvalue weighted by molar-refractivity contribution is 5.50. The molecule has 0 saturated carbocycles. The highest BCUT2D eigenvalue weighted by Crippen LogP contribution is 2.22. The summed E-state index contributed by atoms with van der Waals surface area (Å²) in [5.41, 5.74) is 6.91. The van der Waals surface area contributed by atoms with Crippen LogP contribution >= 0.6 is 0 Å². The van der Waals surface area contributed by atoms with Crippen molar-refractivity contribution in [1.29, 1.82) is 0 Å². The minimum Gasteiger partial charge on any atom is -0.463 e. The number of piperidine rings is 1. The van der Waals surface area contributed by atoms with Crippen LogP contribution in [0, 0.1) is 0 Å². The maximum Gasteiger partial charge on any atom is 0.320 e. The first kappa shape index (κ1) is 16.4. The van der Waals surface area contributed by atoms with Crippen LogP contribution in [0.5, 0.6) is 6.01 Å². The Bertz CT molecular complexity index is 630. The van der Waals surface area contributed by atoms with Crippen molar-refractivity contribution in [2.24, 2.45) is 0 Å². The van der Waals surface area contributed by atoms with Crippen molar-refractivity contribution in [3.63, 3.8) is 0 Å². The van der Waals surface area contributed by atoms with Gasteiger partial charge in [-0.3, -0.25) is 4.98 Å². The van der Waals surface area contributed by atoms with Gasteiger partial charge in [-0.25, -0.2) is 5.43 Å². The molecule has 3 rings (SSSR count). The summed E-state index contributed by atoms with van der Waals surface area (Å²) in [6.45, 7) is 2.56. The molecule has 0 spiro atoms. The number of ether oxygens (including phenoxy) is 1. The van der Waals surface area contributed by atoms with Crippen LogP contribution in [-0.4, -0.2) is 41.7 Å². The van der Waals surface area contributed by atoms with E-state index >= 15 is 0 Å². The SMILES string of the molecule is CNNc1cc(N2CCCCC2)nc(OCCc2ccccn2)n1. The van der Waals surface area contributed by atoms with Gasteiger partial charge in [0.1, 0.15) is 11.6 Å². The van der Waals surface area contributed by atoms with Gasteiger partial charge >= 0.3 is 6.01 Å². The number of hydrogen-bond donors (Lipinski definition) is 2. The molecule has 2 aromatic heterocycles. The zero-order valence-electron chi connectivity index (χ0n) is 14.0. The number of nitrogens with one attached hydrogen (secondary N) is 2. The second kappa shape index (κ2) is 8.44. The lowest BCUT2D eigenvalue weighted by molar-refractivity contribution is 0.295. The predicted molar refractivity (Wildman–Crippen MR) is 94.2 cm³/mol. The number of hydrazine groups is 1. The third-order valence-corrected chi connectivity index (χ3v) is 3.94. The fourth-order valence-corrected chi connectivity index (χ4v) is 2.75. The van der Waals surface area contributed by atoms with Crippen molar-refractivity contribution in [3.05, 3.63) is 36.2 Å². The second-order valence-electron chi connectivity index (χ2n) is 5.74. The number of rotatable bonds is 7. The molecule has 1 aliphatic heterocycles. The van der Waals surface area contributed by atoms with Crippen molar-refractivity contribution in [1.82, 2.24) is 20.4 Å². The number of hydrogen-bond acceptors (Lipinski definition) is 7. The average Bonchev–Trinajstić information content (AvgIpc) is 2.63. The van der Waals surface area contributed by atoms with E-state index in [2.05, 4.69) is 30.7 Å². The van der Waals surface area contributed by atoms with Crippen molar-refractivity contribution >= 4 is 11.6 Å². The number of anilines is 2. The van der Waals surface area contributed by atoms with E-state index in [1.807, 2.05) is 31.3 Å². The van der Waals surface area contributed by atoms with Gasteiger partial charge in [-0.1, -0.05) is 6.07 Å². The number of pyridine rings is 1. The van der Waals surface area contributed by atoms with Gasteiger partial charge in [0, 0.05) is 44.5 Å². The fraction of sp³-hybridized carbons (Fsp3) is 0.471. The van der Waals surface area contributed by atoms with E-state index in [1.54, 1.807) is 6.20 Å². The molecule has 0 unspecified atom stereocenters. The van der Waals surface area contributed by atoms with E-state index < -0.39 is 0 Å². The molecule has 1 aliphatic rings. The highest BCUT2D eigenvalue weighted by atomic mass is 16.5. The first-order valence-electron chi connectivity index (χ1n) is 8.44. The molecule has 7 heteroatoms. The smallest absolute Gasteiger partial charge is 0.320 e. The standard InChI is InChI=1S/C17H24N6O/c1-18-22-15-13-16(23-10-5-2-6-11-23)21-17(20-15)24-12-8-14-7-3-4-9-19-14/h3-4,7,9,13,18H,2,5-6,8,10-12H2,1H3,(H,20,21,22). The third kappa shape index (κ3) is 4.55.